The van der Waals surface area contributed by atoms with Crippen molar-refractivity contribution in [2.75, 3.05) is 7.11 Å². The lowest BCUT2D eigenvalue weighted by Gasteiger charge is -1.99. The number of rotatable bonds is 1. The molecule has 0 atom stereocenters. The molecule has 0 bridgehead atoms. The monoisotopic (exact) mass is 244 g/mol. The Bertz CT molecular complexity index is 767. The summed E-state index contributed by atoms with van der Waals surface area (Å²) in [6, 6.07) is 1.84. The van der Waals surface area contributed by atoms with Crippen LogP contribution in [0, 0.1) is 13.8 Å². The summed E-state index contributed by atoms with van der Waals surface area (Å²) in [7, 11) is 1.36. The minimum absolute atomic E-state index is 0.393. The van der Waals surface area contributed by atoms with Crippen LogP contribution < -0.4 is 0 Å². The van der Waals surface area contributed by atoms with Crippen molar-refractivity contribution in [3.05, 3.63) is 35.3 Å². The van der Waals surface area contributed by atoms with Crippen molar-refractivity contribution in [1.29, 1.82) is 0 Å². The number of furan rings is 1. The summed E-state index contributed by atoms with van der Waals surface area (Å²) in [5, 5.41) is 5.07. The maximum Gasteiger partial charge on any atom is 0.341 e. The van der Waals surface area contributed by atoms with Gasteiger partial charge in [-0.15, -0.1) is 0 Å². The molecule has 92 valence electrons. The Balaban J connectivity index is 2.51. The van der Waals surface area contributed by atoms with Crippen LogP contribution in [0.2, 0.25) is 0 Å². The number of methoxy groups -OCH3 is 1. The van der Waals surface area contributed by atoms with Gasteiger partial charge in [0.2, 0.25) is 0 Å². The Morgan fingerprint density at radius 2 is 2.22 bits per heavy atom. The maximum atomic E-state index is 11.7. The van der Waals surface area contributed by atoms with Gasteiger partial charge in [-0.1, -0.05) is 0 Å². The zero-order chi connectivity index (χ0) is 12.9. The Morgan fingerprint density at radius 1 is 1.44 bits per heavy atom. The third kappa shape index (κ3) is 1.27. The third-order valence-corrected chi connectivity index (χ3v) is 3.22. The number of nitrogens with zero attached hydrogens (tertiary/aromatic N) is 2. The van der Waals surface area contributed by atoms with Crippen LogP contribution in [0.25, 0.3) is 16.5 Å². The number of hydrogen-bond acceptors (Lipinski definition) is 4. The van der Waals surface area contributed by atoms with Crippen LogP contribution in [0.5, 0.6) is 0 Å². The topological polar surface area (TPSA) is 56.7 Å². The number of hydrogen-bond donors (Lipinski definition) is 0. The molecule has 3 rings (SSSR count). The van der Waals surface area contributed by atoms with E-state index in [9.17, 15) is 4.79 Å². The van der Waals surface area contributed by atoms with Gasteiger partial charge in [0, 0.05) is 11.8 Å². The molecule has 0 fully saturated rings. The second-order valence-corrected chi connectivity index (χ2v) is 4.18. The molecular formula is C13H12N2O3. The van der Waals surface area contributed by atoms with E-state index in [1.54, 1.807) is 10.7 Å². The highest BCUT2D eigenvalue weighted by molar-refractivity contribution is 6.07. The van der Waals surface area contributed by atoms with Crippen LogP contribution in [-0.4, -0.2) is 22.7 Å². The molecule has 0 N–H and O–H groups in total. The van der Waals surface area contributed by atoms with Crippen LogP contribution in [-0.2, 0) is 4.74 Å². The molecule has 0 aromatic carbocycles. The second-order valence-electron chi connectivity index (χ2n) is 4.18. The lowest BCUT2D eigenvalue weighted by molar-refractivity contribution is 0.0603. The molecule has 3 aromatic rings. The highest BCUT2D eigenvalue weighted by Gasteiger charge is 2.19. The molecule has 0 radical (unpaired) electrons. The van der Waals surface area contributed by atoms with Crippen LogP contribution in [0.15, 0.2) is 22.9 Å². The molecule has 5 heteroatoms. The van der Waals surface area contributed by atoms with Gasteiger partial charge in [-0.2, -0.15) is 5.10 Å². The van der Waals surface area contributed by atoms with Crippen molar-refractivity contribution in [3.63, 3.8) is 0 Å². The van der Waals surface area contributed by atoms with E-state index < -0.39 is 5.97 Å². The van der Waals surface area contributed by atoms with E-state index in [-0.39, 0.29) is 0 Å². The predicted octanol–water partition coefficient (Wildman–Crippen LogP) is 2.48. The molecule has 0 unspecified atom stereocenters. The number of pyridine rings is 1. The van der Waals surface area contributed by atoms with E-state index in [1.807, 2.05) is 19.9 Å². The summed E-state index contributed by atoms with van der Waals surface area (Å²) in [6.07, 6.45) is 3.29. The molecule has 3 aromatic heterocycles. The molecule has 18 heavy (non-hydrogen) atoms. The predicted molar refractivity (Wildman–Crippen MR) is 65.8 cm³/mol. The molecule has 0 spiro atoms. The fourth-order valence-corrected chi connectivity index (χ4v) is 2.19. The highest BCUT2D eigenvalue weighted by atomic mass is 16.5. The lowest BCUT2D eigenvalue weighted by atomic mass is 10.1. The van der Waals surface area contributed by atoms with E-state index in [1.165, 1.54) is 13.3 Å². The molecule has 0 saturated carbocycles. The average molecular weight is 244 g/mol. The summed E-state index contributed by atoms with van der Waals surface area (Å²) in [5.74, 6) is 0.450. The molecular weight excluding hydrogens is 232 g/mol. The van der Waals surface area contributed by atoms with E-state index in [0.717, 1.165) is 27.8 Å². The number of aryl methyl sites for hydroxylation is 2. The van der Waals surface area contributed by atoms with Gasteiger partial charge in [0.1, 0.15) is 16.9 Å². The first-order valence-corrected chi connectivity index (χ1v) is 5.58. The zero-order valence-electron chi connectivity index (χ0n) is 10.4. The van der Waals surface area contributed by atoms with Gasteiger partial charge < -0.3 is 9.15 Å². The maximum absolute atomic E-state index is 11.7. The highest BCUT2D eigenvalue weighted by Crippen LogP contribution is 2.30. The van der Waals surface area contributed by atoms with Crippen molar-refractivity contribution in [1.82, 2.24) is 9.61 Å². The SMILES string of the molecule is COC(=O)c1cnn2ccc3oc(C)c(C)c3c12. The molecule has 0 saturated heterocycles. The van der Waals surface area contributed by atoms with E-state index in [4.69, 9.17) is 9.15 Å². The third-order valence-electron chi connectivity index (χ3n) is 3.22. The first kappa shape index (κ1) is 10.8. The normalized spacial score (nSPS) is 11.3. The second kappa shape index (κ2) is 3.60. The summed E-state index contributed by atoms with van der Waals surface area (Å²) in [6.45, 7) is 3.87. The fraction of sp³-hybridized carbons (Fsp3) is 0.231. The van der Waals surface area contributed by atoms with Crippen molar-refractivity contribution in [2.45, 2.75) is 13.8 Å². The average Bonchev–Trinajstić information content (AvgIpc) is 2.91. The quantitative estimate of drug-likeness (QED) is 0.617. The molecule has 0 amide bonds. The Kier molecular flexibility index (Phi) is 2.16. The van der Waals surface area contributed by atoms with Gasteiger partial charge in [0.05, 0.1) is 24.2 Å². The van der Waals surface area contributed by atoms with Crippen LogP contribution in [0.3, 0.4) is 0 Å². The van der Waals surface area contributed by atoms with Crippen molar-refractivity contribution >= 4 is 22.5 Å². The fourth-order valence-electron chi connectivity index (χ4n) is 2.19. The number of fused-ring (bicyclic) bond motifs is 3. The smallest absolute Gasteiger partial charge is 0.341 e. The van der Waals surface area contributed by atoms with Gasteiger partial charge in [-0.3, -0.25) is 0 Å². The van der Waals surface area contributed by atoms with Crippen LogP contribution in [0.4, 0.5) is 0 Å². The summed E-state index contributed by atoms with van der Waals surface area (Å²) < 4.78 is 12.1. The van der Waals surface area contributed by atoms with Gasteiger partial charge in [0.15, 0.2) is 0 Å². The van der Waals surface area contributed by atoms with Gasteiger partial charge >= 0.3 is 5.97 Å². The molecule has 0 aliphatic carbocycles. The Morgan fingerprint density at radius 3 is 2.94 bits per heavy atom. The summed E-state index contributed by atoms with van der Waals surface area (Å²) >= 11 is 0. The van der Waals surface area contributed by atoms with E-state index in [0.29, 0.717) is 5.56 Å². The van der Waals surface area contributed by atoms with Gasteiger partial charge in [-0.05, 0) is 19.9 Å². The van der Waals surface area contributed by atoms with Crippen molar-refractivity contribution < 1.29 is 13.9 Å². The summed E-state index contributed by atoms with van der Waals surface area (Å²) in [4.78, 5) is 11.7. The van der Waals surface area contributed by atoms with Crippen LogP contribution >= 0.6 is 0 Å². The van der Waals surface area contributed by atoms with Crippen molar-refractivity contribution in [2.24, 2.45) is 0 Å². The summed E-state index contributed by atoms with van der Waals surface area (Å²) in [5.41, 5.74) is 2.95. The number of carbonyl (C=O) groups excluding carboxylic acids is 1. The first-order chi connectivity index (χ1) is 8.63. The molecule has 0 aliphatic rings. The first-order valence-electron chi connectivity index (χ1n) is 5.58. The Hall–Kier alpha value is -2.30. The lowest BCUT2D eigenvalue weighted by Crippen LogP contribution is -2.00. The Labute approximate surface area is 103 Å². The molecule has 0 aliphatic heterocycles. The number of carbonyl (C=O) groups is 1. The largest absolute Gasteiger partial charge is 0.465 e. The number of aromatic nitrogens is 2. The van der Waals surface area contributed by atoms with Crippen LogP contribution in [0.1, 0.15) is 21.7 Å². The van der Waals surface area contributed by atoms with E-state index >= 15 is 0 Å². The zero-order valence-corrected chi connectivity index (χ0v) is 10.4. The molecule has 5 nitrogen and oxygen atoms in total. The number of esters is 1. The van der Waals surface area contributed by atoms with Gasteiger partial charge in [-0.25, -0.2) is 9.31 Å². The number of ether oxygens (including phenoxy) is 1. The standard InChI is InChI=1S/C13H12N2O3/c1-7-8(2)18-10-4-5-15-12(11(7)10)9(6-14-15)13(16)17-3/h4-6H,1-3H3. The van der Waals surface area contributed by atoms with Gasteiger partial charge in [0.25, 0.3) is 0 Å². The molecule has 3 heterocycles. The van der Waals surface area contributed by atoms with E-state index in [2.05, 4.69) is 5.10 Å². The van der Waals surface area contributed by atoms with Crippen molar-refractivity contribution in [3.8, 4) is 0 Å². The minimum Gasteiger partial charge on any atom is -0.465 e. The minimum atomic E-state index is -0.393.